The van der Waals surface area contributed by atoms with Crippen molar-refractivity contribution < 1.29 is 18.7 Å². The third-order valence-corrected chi connectivity index (χ3v) is 3.27. The van der Waals surface area contributed by atoms with Gasteiger partial charge in [0.05, 0.1) is 6.10 Å². The quantitative estimate of drug-likeness (QED) is 0.664. The van der Waals surface area contributed by atoms with Crippen LogP contribution in [0.25, 0.3) is 0 Å². The van der Waals surface area contributed by atoms with E-state index in [1.807, 2.05) is 20.8 Å². The van der Waals surface area contributed by atoms with Gasteiger partial charge in [0.25, 0.3) is 0 Å². The van der Waals surface area contributed by atoms with Crippen LogP contribution in [0.4, 0.5) is 4.39 Å². The fraction of sp³-hybridized carbons (Fsp3) is 0.909. The first-order valence-corrected chi connectivity index (χ1v) is 5.36. The Labute approximate surface area is 89.9 Å². The normalized spacial score (nSPS) is 41.3. The molecule has 1 aliphatic heterocycles. The third kappa shape index (κ3) is 2.91. The van der Waals surface area contributed by atoms with E-state index in [1.54, 1.807) is 0 Å². The van der Waals surface area contributed by atoms with Crippen LogP contribution in [0.5, 0.6) is 0 Å². The Balaban J connectivity index is 2.54. The zero-order valence-electron chi connectivity index (χ0n) is 9.70. The summed E-state index contributed by atoms with van der Waals surface area (Å²) < 4.78 is 24.1. The Hall–Kier alpha value is -0.640. The van der Waals surface area contributed by atoms with Gasteiger partial charge in [0.1, 0.15) is 18.9 Å². The second kappa shape index (κ2) is 4.92. The fourth-order valence-corrected chi connectivity index (χ4v) is 1.86. The third-order valence-electron chi connectivity index (χ3n) is 3.27. The molecule has 88 valence electrons. The van der Waals surface area contributed by atoms with Gasteiger partial charge in [-0.15, -0.1) is 0 Å². The van der Waals surface area contributed by atoms with E-state index in [9.17, 15) is 9.18 Å². The molecular formula is C11H19FO3. The highest BCUT2D eigenvalue weighted by Gasteiger charge is 2.40. The molecule has 0 saturated carbocycles. The number of rotatable bonds is 2. The molecule has 0 aromatic carbocycles. The molecule has 0 spiro atoms. The van der Waals surface area contributed by atoms with E-state index in [0.717, 1.165) is 0 Å². The summed E-state index contributed by atoms with van der Waals surface area (Å²) in [6.45, 7) is 7.09. The predicted octanol–water partition coefficient (Wildman–Crippen LogP) is 1.95. The smallest absolute Gasteiger partial charge is 0.302 e. The van der Waals surface area contributed by atoms with Crippen molar-refractivity contribution in [3.63, 3.8) is 0 Å². The number of esters is 1. The molecule has 15 heavy (non-hydrogen) atoms. The number of hydrogen-bond donors (Lipinski definition) is 0. The summed E-state index contributed by atoms with van der Waals surface area (Å²) in [6.07, 6.45) is -1.67. The van der Waals surface area contributed by atoms with E-state index < -0.39 is 18.2 Å². The van der Waals surface area contributed by atoms with Gasteiger partial charge < -0.3 is 9.47 Å². The van der Waals surface area contributed by atoms with Crippen molar-refractivity contribution in [1.82, 2.24) is 0 Å². The van der Waals surface area contributed by atoms with Crippen LogP contribution in [-0.2, 0) is 14.3 Å². The molecule has 0 aliphatic carbocycles. The lowest BCUT2D eigenvalue weighted by Crippen LogP contribution is -2.48. The maximum atomic E-state index is 13.8. The van der Waals surface area contributed by atoms with Gasteiger partial charge in [0, 0.05) is 6.92 Å². The molecule has 0 aromatic heterocycles. The molecule has 5 atom stereocenters. The van der Waals surface area contributed by atoms with E-state index >= 15 is 0 Å². The van der Waals surface area contributed by atoms with Crippen molar-refractivity contribution in [3.8, 4) is 0 Å². The number of carbonyl (C=O) groups is 1. The highest BCUT2D eigenvalue weighted by molar-refractivity contribution is 5.65. The molecule has 1 heterocycles. The maximum Gasteiger partial charge on any atom is 0.302 e. The highest BCUT2D eigenvalue weighted by atomic mass is 19.1. The van der Waals surface area contributed by atoms with Gasteiger partial charge in [-0.05, 0) is 18.8 Å². The first kappa shape index (κ1) is 12.4. The predicted molar refractivity (Wildman–Crippen MR) is 54.2 cm³/mol. The van der Waals surface area contributed by atoms with Crippen molar-refractivity contribution >= 4 is 5.97 Å². The topological polar surface area (TPSA) is 35.5 Å². The van der Waals surface area contributed by atoms with Crippen LogP contribution in [0.2, 0.25) is 0 Å². The molecule has 1 saturated heterocycles. The SMILES string of the molecule is CC(=O)OCC1O[C@H](C)C(C)[C@@H](C)[C@H]1F. The zero-order valence-corrected chi connectivity index (χ0v) is 9.70. The first-order chi connectivity index (χ1) is 6.93. The van der Waals surface area contributed by atoms with Gasteiger partial charge in [-0.1, -0.05) is 13.8 Å². The minimum absolute atomic E-state index is 0.00700. The molecule has 3 nitrogen and oxygen atoms in total. The minimum atomic E-state index is -1.06. The van der Waals surface area contributed by atoms with Crippen LogP contribution >= 0.6 is 0 Å². The second-order valence-electron chi connectivity index (χ2n) is 4.34. The van der Waals surface area contributed by atoms with Crippen LogP contribution in [0, 0.1) is 11.8 Å². The van der Waals surface area contributed by atoms with Crippen LogP contribution < -0.4 is 0 Å². The van der Waals surface area contributed by atoms with E-state index in [4.69, 9.17) is 9.47 Å². The van der Waals surface area contributed by atoms with Gasteiger partial charge in [-0.3, -0.25) is 4.79 Å². The lowest BCUT2D eigenvalue weighted by molar-refractivity contribution is -0.170. The highest BCUT2D eigenvalue weighted by Crippen LogP contribution is 2.32. The zero-order chi connectivity index (χ0) is 11.6. The summed E-state index contributed by atoms with van der Waals surface area (Å²) in [5.74, 6) is -0.271. The lowest BCUT2D eigenvalue weighted by Gasteiger charge is -2.39. The monoisotopic (exact) mass is 218 g/mol. The van der Waals surface area contributed by atoms with Crippen LogP contribution in [0.3, 0.4) is 0 Å². The Morgan fingerprint density at radius 3 is 2.47 bits per heavy atom. The summed E-state index contributed by atoms with van der Waals surface area (Å²) in [5, 5.41) is 0. The Bertz CT molecular complexity index is 232. The standard InChI is InChI=1S/C11H19FO3/c1-6-7(2)11(12)10(15-8(6)3)5-14-9(4)13/h6-8,10-11H,5H2,1-4H3/t6?,7-,8-,10?,11-/m1/s1. The van der Waals surface area contributed by atoms with Crippen molar-refractivity contribution in [1.29, 1.82) is 0 Å². The molecular weight excluding hydrogens is 199 g/mol. The molecule has 0 bridgehead atoms. The molecule has 0 radical (unpaired) electrons. The lowest BCUT2D eigenvalue weighted by atomic mass is 9.83. The van der Waals surface area contributed by atoms with Crippen molar-refractivity contribution in [2.45, 2.75) is 46.1 Å². The van der Waals surface area contributed by atoms with Crippen molar-refractivity contribution in [2.75, 3.05) is 6.61 Å². The molecule has 0 aromatic rings. The van der Waals surface area contributed by atoms with Crippen LogP contribution in [0.1, 0.15) is 27.7 Å². The molecule has 0 amide bonds. The van der Waals surface area contributed by atoms with Gasteiger partial charge in [-0.25, -0.2) is 4.39 Å². The van der Waals surface area contributed by atoms with E-state index in [-0.39, 0.29) is 24.5 Å². The van der Waals surface area contributed by atoms with Crippen LogP contribution in [-0.4, -0.2) is 31.0 Å². The van der Waals surface area contributed by atoms with Gasteiger partial charge in [-0.2, -0.15) is 0 Å². The second-order valence-corrected chi connectivity index (χ2v) is 4.34. The van der Waals surface area contributed by atoms with Crippen molar-refractivity contribution in [2.24, 2.45) is 11.8 Å². The maximum absolute atomic E-state index is 13.8. The molecule has 0 N–H and O–H groups in total. The van der Waals surface area contributed by atoms with Crippen molar-refractivity contribution in [3.05, 3.63) is 0 Å². The number of hydrogen-bond acceptors (Lipinski definition) is 3. The van der Waals surface area contributed by atoms with Crippen LogP contribution in [0.15, 0.2) is 0 Å². The number of carbonyl (C=O) groups excluding carboxylic acids is 1. The summed E-state index contributed by atoms with van der Waals surface area (Å²) in [6, 6.07) is 0. The van der Waals surface area contributed by atoms with Gasteiger partial charge in [0.15, 0.2) is 0 Å². The first-order valence-electron chi connectivity index (χ1n) is 5.36. The fourth-order valence-electron chi connectivity index (χ4n) is 1.86. The summed E-state index contributed by atoms with van der Waals surface area (Å²) in [5.41, 5.74) is 0. The summed E-state index contributed by atoms with van der Waals surface area (Å²) >= 11 is 0. The van der Waals surface area contributed by atoms with E-state index in [0.29, 0.717) is 0 Å². The number of ether oxygens (including phenoxy) is 2. The van der Waals surface area contributed by atoms with Gasteiger partial charge >= 0.3 is 5.97 Å². The van der Waals surface area contributed by atoms with E-state index in [1.165, 1.54) is 6.92 Å². The Morgan fingerprint density at radius 1 is 1.33 bits per heavy atom. The molecule has 1 rings (SSSR count). The Kier molecular flexibility index (Phi) is 4.08. The summed E-state index contributed by atoms with van der Waals surface area (Å²) in [7, 11) is 0. The van der Waals surface area contributed by atoms with Gasteiger partial charge in [0.2, 0.25) is 0 Å². The number of alkyl halides is 1. The Morgan fingerprint density at radius 2 is 1.93 bits per heavy atom. The molecule has 2 unspecified atom stereocenters. The van der Waals surface area contributed by atoms with E-state index in [2.05, 4.69) is 0 Å². The largest absolute Gasteiger partial charge is 0.463 e. The molecule has 1 aliphatic rings. The minimum Gasteiger partial charge on any atom is -0.463 e. The summed E-state index contributed by atoms with van der Waals surface area (Å²) in [4.78, 5) is 10.6. The average molecular weight is 218 g/mol. The molecule has 1 fully saturated rings. The number of halogens is 1. The average Bonchev–Trinajstić information content (AvgIpc) is 2.18. The molecule has 4 heteroatoms.